The van der Waals surface area contributed by atoms with Crippen molar-refractivity contribution < 1.29 is 48.2 Å². The lowest BCUT2D eigenvalue weighted by atomic mass is 9.78. The van der Waals surface area contributed by atoms with Crippen molar-refractivity contribution >= 4 is 11.8 Å². The fourth-order valence-corrected chi connectivity index (χ4v) is 9.03. The SMILES string of the molecule is CCC(CC(C)CC(C)C1(OF)C=CCC2(CC[C@@](C)(C3CCC(O)CO3)O2)O1)C(=O)C(C)CC(C)C1CCCC(C(CC)C(=O)O)O1. The van der Waals surface area contributed by atoms with Crippen molar-refractivity contribution in [2.24, 2.45) is 35.5 Å². The number of carboxylic acids is 1. The summed E-state index contributed by atoms with van der Waals surface area (Å²) in [6.07, 6.45) is 11.6. The molecule has 0 aromatic rings. The van der Waals surface area contributed by atoms with Crippen LogP contribution in [0, 0.1) is 35.5 Å². The number of hydrogen-bond acceptors (Lipinski definition) is 8. The van der Waals surface area contributed by atoms with Gasteiger partial charge in [-0.3, -0.25) is 9.59 Å². The van der Waals surface area contributed by atoms with Gasteiger partial charge in [0.25, 0.3) is 0 Å². The maximum atomic E-state index is 14.5. The summed E-state index contributed by atoms with van der Waals surface area (Å²) in [6, 6.07) is 0. The Morgan fingerprint density at radius 3 is 2.33 bits per heavy atom. The van der Waals surface area contributed by atoms with E-state index in [0.717, 1.165) is 25.7 Å². The van der Waals surface area contributed by atoms with Gasteiger partial charge in [0.2, 0.25) is 5.79 Å². The van der Waals surface area contributed by atoms with Gasteiger partial charge in [0.1, 0.15) is 5.78 Å². The summed E-state index contributed by atoms with van der Waals surface area (Å²) >= 11 is 0. The van der Waals surface area contributed by atoms with E-state index in [1.807, 2.05) is 33.8 Å². The van der Waals surface area contributed by atoms with E-state index < -0.39 is 35.2 Å². The highest BCUT2D eigenvalue weighted by Gasteiger charge is 2.57. The average Bonchev–Trinajstić information content (AvgIpc) is 3.39. The van der Waals surface area contributed by atoms with E-state index in [2.05, 4.69) is 25.7 Å². The van der Waals surface area contributed by atoms with Gasteiger partial charge in [-0.15, -0.1) is 0 Å². The molecule has 276 valence electrons. The van der Waals surface area contributed by atoms with Crippen LogP contribution in [-0.2, 0) is 33.5 Å². The summed E-state index contributed by atoms with van der Waals surface area (Å²) in [4.78, 5) is 30.1. The summed E-state index contributed by atoms with van der Waals surface area (Å²) in [6.45, 7) is 14.4. The highest BCUT2D eigenvalue weighted by Crippen LogP contribution is 2.51. The van der Waals surface area contributed by atoms with E-state index in [0.29, 0.717) is 57.8 Å². The molecule has 0 aromatic carbocycles. The van der Waals surface area contributed by atoms with Crippen molar-refractivity contribution in [3.05, 3.63) is 12.2 Å². The monoisotopic (exact) mass is 682 g/mol. The van der Waals surface area contributed by atoms with Crippen LogP contribution in [0.5, 0.6) is 0 Å². The van der Waals surface area contributed by atoms with E-state index in [1.165, 1.54) is 0 Å². The van der Waals surface area contributed by atoms with Crippen molar-refractivity contribution in [3.63, 3.8) is 0 Å². The van der Waals surface area contributed by atoms with Gasteiger partial charge in [0.15, 0.2) is 5.79 Å². The molecule has 2 N–H and O–H groups in total. The number of carboxylic acid groups (broad SMARTS) is 1. The second kappa shape index (κ2) is 16.7. The zero-order chi connectivity index (χ0) is 35.3. The molecule has 0 amide bonds. The Morgan fingerprint density at radius 1 is 0.979 bits per heavy atom. The first kappa shape index (κ1) is 39.4. The van der Waals surface area contributed by atoms with Gasteiger partial charge in [-0.25, -0.2) is 0 Å². The van der Waals surface area contributed by atoms with Crippen LogP contribution in [0.2, 0.25) is 0 Å². The summed E-state index contributed by atoms with van der Waals surface area (Å²) in [5.41, 5.74) is -0.603. The van der Waals surface area contributed by atoms with Gasteiger partial charge in [-0.2, -0.15) is 4.94 Å². The van der Waals surface area contributed by atoms with Crippen LogP contribution in [-0.4, -0.2) is 70.2 Å². The van der Waals surface area contributed by atoms with Crippen LogP contribution in [0.25, 0.3) is 0 Å². The molecule has 4 aliphatic heterocycles. The zero-order valence-electron chi connectivity index (χ0n) is 30.5. The summed E-state index contributed by atoms with van der Waals surface area (Å²) < 4.78 is 39.9. The molecule has 4 aliphatic rings. The molecule has 4 rings (SSSR count). The number of ketones is 1. The van der Waals surface area contributed by atoms with Crippen molar-refractivity contribution in [1.82, 2.24) is 0 Å². The molecule has 0 radical (unpaired) electrons. The topological polar surface area (TPSA) is 121 Å². The molecule has 3 saturated heterocycles. The lowest BCUT2D eigenvalue weighted by molar-refractivity contribution is -0.418. The number of carbonyl (C=O) groups is 2. The van der Waals surface area contributed by atoms with Crippen molar-refractivity contribution in [3.8, 4) is 0 Å². The number of Topliss-reactive ketones (excluding diaryl/α,β-unsaturated/α-hetero) is 1. The first-order valence-corrected chi connectivity index (χ1v) is 18.8. The van der Waals surface area contributed by atoms with E-state index in [1.54, 1.807) is 6.08 Å². The molecule has 0 aliphatic carbocycles. The molecule has 0 aromatic heterocycles. The number of aliphatic hydroxyl groups is 1. The Bertz CT molecular complexity index is 1090. The Hall–Kier alpha value is -1.43. The molecular weight excluding hydrogens is 619 g/mol. The fourth-order valence-electron chi connectivity index (χ4n) is 9.03. The minimum Gasteiger partial charge on any atom is -0.481 e. The van der Waals surface area contributed by atoms with Crippen LogP contribution in [0.15, 0.2) is 12.2 Å². The molecule has 10 heteroatoms. The predicted octanol–water partition coefficient (Wildman–Crippen LogP) is 7.72. The molecule has 12 unspecified atom stereocenters. The third-order valence-electron chi connectivity index (χ3n) is 12.0. The number of aliphatic carboxylic acids is 1. The molecular formula is C38H63FO9. The largest absolute Gasteiger partial charge is 0.481 e. The van der Waals surface area contributed by atoms with Gasteiger partial charge >= 0.3 is 5.97 Å². The van der Waals surface area contributed by atoms with E-state index in [9.17, 15) is 24.3 Å². The third-order valence-corrected chi connectivity index (χ3v) is 12.0. The molecule has 3 fully saturated rings. The smallest absolute Gasteiger partial charge is 0.309 e. The third kappa shape index (κ3) is 9.07. The maximum absolute atomic E-state index is 14.5. The number of aliphatic hydroxyl groups excluding tert-OH is 1. The summed E-state index contributed by atoms with van der Waals surface area (Å²) in [7, 11) is 0. The Kier molecular flexibility index (Phi) is 13.7. The molecule has 0 saturated carbocycles. The second-order valence-electron chi connectivity index (χ2n) is 16.0. The Morgan fingerprint density at radius 2 is 1.71 bits per heavy atom. The predicted molar refractivity (Wildman–Crippen MR) is 179 cm³/mol. The number of ether oxygens (including phenoxy) is 4. The molecule has 4 heterocycles. The molecule has 13 atom stereocenters. The normalized spacial score (nSPS) is 37.9. The molecule has 9 nitrogen and oxygen atoms in total. The van der Waals surface area contributed by atoms with Gasteiger partial charge < -0.3 is 29.2 Å². The zero-order valence-corrected chi connectivity index (χ0v) is 30.5. The first-order valence-electron chi connectivity index (χ1n) is 18.8. The van der Waals surface area contributed by atoms with Gasteiger partial charge in [-0.05, 0) is 100.0 Å². The number of rotatable bonds is 16. The number of carbonyl (C=O) groups excluding carboxylic acids is 1. The van der Waals surface area contributed by atoms with Crippen molar-refractivity contribution in [2.45, 2.75) is 174 Å². The van der Waals surface area contributed by atoms with Crippen molar-refractivity contribution in [2.75, 3.05) is 6.61 Å². The van der Waals surface area contributed by atoms with Gasteiger partial charge in [0.05, 0.1) is 42.5 Å². The fraction of sp³-hybridized carbons (Fsp3) is 0.895. The molecule has 48 heavy (non-hydrogen) atoms. The van der Waals surface area contributed by atoms with Crippen molar-refractivity contribution in [1.29, 1.82) is 0 Å². The number of halogens is 1. The molecule has 1 spiro atoms. The Labute approximate surface area is 287 Å². The van der Waals surface area contributed by atoms with Gasteiger partial charge in [-0.1, -0.05) is 47.6 Å². The van der Waals surface area contributed by atoms with E-state index in [4.69, 9.17) is 18.9 Å². The van der Waals surface area contributed by atoms with Crippen LogP contribution < -0.4 is 0 Å². The highest BCUT2D eigenvalue weighted by molar-refractivity contribution is 5.83. The lowest BCUT2D eigenvalue weighted by Crippen LogP contribution is -2.53. The van der Waals surface area contributed by atoms with Crippen LogP contribution in [0.4, 0.5) is 4.53 Å². The first-order chi connectivity index (χ1) is 22.7. The number of hydrogen-bond donors (Lipinski definition) is 2. The minimum atomic E-state index is -1.59. The maximum Gasteiger partial charge on any atom is 0.309 e. The second-order valence-corrected chi connectivity index (χ2v) is 16.0. The summed E-state index contributed by atoms with van der Waals surface area (Å²) in [5, 5.41) is 19.5. The average molecular weight is 683 g/mol. The van der Waals surface area contributed by atoms with E-state index in [-0.39, 0.29) is 60.3 Å². The van der Waals surface area contributed by atoms with Crippen LogP contribution in [0.3, 0.4) is 0 Å². The highest BCUT2D eigenvalue weighted by atomic mass is 19.3. The standard InChI is InChI=1S/C38H63FO9/c1-8-28(34(41)26(5)22-25(4)31-12-10-13-32(45-31)30(9-2)35(42)43)21-24(3)20-27(6)38(48-39)17-11-16-37(47-38)19-18-36(7,46-37)33-15-14-29(40)23-44-33/h11,17,24-33,40H,8-10,12-16,18-23H2,1-7H3,(H,42,43)/t24?,25?,26?,27?,28?,29?,30?,31?,32?,33?,36-,37?,38?/m0/s1. The van der Waals surface area contributed by atoms with Crippen LogP contribution >= 0.6 is 0 Å². The summed E-state index contributed by atoms with van der Waals surface area (Å²) in [5.74, 6) is -4.01. The Balaban J connectivity index is 1.31. The van der Waals surface area contributed by atoms with Crippen LogP contribution in [0.1, 0.15) is 132 Å². The minimum absolute atomic E-state index is 0.0409. The molecule has 0 bridgehead atoms. The van der Waals surface area contributed by atoms with Gasteiger partial charge in [0, 0.05) is 30.6 Å². The quantitative estimate of drug-likeness (QED) is 0.158. The van der Waals surface area contributed by atoms with E-state index >= 15 is 0 Å². The lowest BCUT2D eigenvalue weighted by Gasteiger charge is -2.45.